The molecule has 58 heavy (non-hydrogen) atoms. The van der Waals surface area contributed by atoms with Crippen LogP contribution in [0.15, 0.2) is 212 Å². The molecule has 1 aromatic heterocycles. The molecule has 0 aliphatic carbocycles. The maximum Gasteiger partial charge on any atom is 0.0540 e. The van der Waals surface area contributed by atoms with Gasteiger partial charge in [-0.3, -0.25) is 0 Å². The summed E-state index contributed by atoms with van der Waals surface area (Å²) >= 11 is 1.89. The predicted octanol–water partition coefficient (Wildman–Crippen LogP) is 16.6. The number of rotatable bonds is 5. The first-order valence-corrected chi connectivity index (χ1v) is 20.7. The third-order valence-corrected chi connectivity index (χ3v) is 13.2. The first kappa shape index (κ1) is 32.9. The highest BCUT2D eigenvalue weighted by atomic mass is 32.1. The first-order chi connectivity index (χ1) is 28.8. The van der Waals surface area contributed by atoms with Crippen LogP contribution in [0.2, 0.25) is 0 Å². The number of thiophene rings is 1. The van der Waals surface area contributed by atoms with Gasteiger partial charge in [-0.15, -0.1) is 11.3 Å². The number of anilines is 3. The maximum atomic E-state index is 2.48. The molecule has 0 N–H and O–H groups in total. The fourth-order valence-electron chi connectivity index (χ4n) is 9.32. The van der Waals surface area contributed by atoms with E-state index < -0.39 is 0 Å². The molecule has 12 rings (SSSR count). The molecule has 0 saturated heterocycles. The Hall–Kier alpha value is -7.26. The first-order valence-electron chi connectivity index (χ1n) is 19.9. The smallest absolute Gasteiger partial charge is 0.0540 e. The molecule has 0 aliphatic rings. The van der Waals surface area contributed by atoms with Gasteiger partial charge < -0.3 is 4.90 Å². The molecule has 0 bridgehead atoms. The average Bonchev–Trinajstić information content (AvgIpc) is 3.68. The Kier molecular flexibility index (Phi) is 7.47. The third-order valence-electron chi connectivity index (χ3n) is 12.0. The van der Waals surface area contributed by atoms with Gasteiger partial charge in [-0.1, -0.05) is 170 Å². The minimum atomic E-state index is 1.12. The van der Waals surface area contributed by atoms with Crippen LogP contribution in [-0.2, 0) is 0 Å². The lowest BCUT2D eigenvalue weighted by atomic mass is 9.88. The highest BCUT2D eigenvalue weighted by Crippen LogP contribution is 2.48. The van der Waals surface area contributed by atoms with Crippen molar-refractivity contribution < 1.29 is 0 Å². The molecule has 0 atom stereocenters. The van der Waals surface area contributed by atoms with Crippen LogP contribution >= 0.6 is 11.3 Å². The number of para-hydroxylation sites is 1. The van der Waals surface area contributed by atoms with Crippen molar-refractivity contribution in [2.45, 2.75) is 0 Å². The molecular formula is C56H35NS. The quantitative estimate of drug-likeness (QED) is 0.158. The van der Waals surface area contributed by atoms with Crippen LogP contribution in [0, 0.1) is 0 Å². The minimum absolute atomic E-state index is 1.12. The Morgan fingerprint density at radius 3 is 1.59 bits per heavy atom. The van der Waals surface area contributed by atoms with E-state index in [2.05, 4.69) is 217 Å². The average molecular weight is 754 g/mol. The van der Waals surface area contributed by atoms with Crippen LogP contribution in [0.25, 0.3) is 96.3 Å². The van der Waals surface area contributed by atoms with Gasteiger partial charge in [0, 0.05) is 37.1 Å². The van der Waals surface area contributed by atoms with E-state index in [1.54, 1.807) is 0 Å². The van der Waals surface area contributed by atoms with Gasteiger partial charge >= 0.3 is 0 Å². The minimum Gasteiger partial charge on any atom is -0.310 e. The van der Waals surface area contributed by atoms with E-state index in [9.17, 15) is 0 Å². The second kappa shape index (κ2) is 13.2. The van der Waals surface area contributed by atoms with Crippen molar-refractivity contribution in [2.75, 3.05) is 4.90 Å². The van der Waals surface area contributed by atoms with Gasteiger partial charge in [0.05, 0.1) is 5.69 Å². The van der Waals surface area contributed by atoms with Crippen LogP contribution in [0.4, 0.5) is 17.1 Å². The summed E-state index contributed by atoms with van der Waals surface area (Å²) in [5, 5.41) is 15.2. The van der Waals surface area contributed by atoms with E-state index in [1.807, 2.05) is 11.3 Å². The van der Waals surface area contributed by atoms with Gasteiger partial charge in [-0.25, -0.2) is 0 Å². The molecule has 0 amide bonds. The highest BCUT2D eigenvalue weighted by Gasteiger charge is 2.22. The predicted molar refractivity (Wildman–Crippen MR) is 252 cm³/mol. The summed E-state index contributed by atoms with van der Waals surface area (Å²) in [4.78, 5) is 2.48. The fraction of sp³-hybridized carbons (Fsp3) is 0. The molecule has 0 radical (unpaired) electrons. The van der Waals surface area contributed by atoms with Crippen molar-refractivity contribution in [2.24, 2.45) is 0 Å². The fourth-order valence-corrected chi connectivity index (χ4v) is 10.5. The van der Waals surface area contributed by atoms with E-state index in [1.165, 1.54) is 96.3 Å². The number of fused-ring (bicyclic) bond motifs is 11. The Morgan fingerprint density at radius 2 is 0.776 bits per heavy atom. The Bertz CT molecular complexity index is 3590. The number of hydrogen-bond acceptors (Lipinski definition) is 2. The summed E-state index contributed by atoms with van der Waals surface area (Å²) in [6, 6.07) is 78.4. The lowest BCUT2D eigenvalue weighted by Gasteiger charge is -2.29. The molecule has 0 unspecified atom stereocenters. The van der Waals surface area contributed by atoms with Gasteiger partial charge in [-0.2, -0.15) is 0 Å². The number of hydrogen-bond donors (Lipinski definition) is 0. The second-order valence-corrected chi connectivity index (χ2v) is 16.3. The van der Waals surface area contributed by atoms with Crippen LogP contribution in [-0.4, -0.2) is 0 Å². The highest BCUT2D eigenvalue weighted by molar-refractivity contribution is 7.26. The molecule has 12 aromatic rings. The Labute approximate surface area is 340 Å². The number of benzene rings is 11. The van der Waals surface area contributed by atoms with Crippen LogP contribution in [0.3, 0.4) is 0 Å². The zero-order chi connectivity index (χ0) is 38.2. The van der Waals surface area contributed by atoms with Crippen LogP contribution < -0.4 is 4.90 Å². The van der Waals surface area contributed by atoms with Crippen LogP contribution in [0.5, 0.6) is 0 Å². The van der Waals surface area contributed by atoms with Crippen LogP contribution in [0.1, 0.15) is 0 Å². The van der Waals surface area contributed by atoms with Gasteiger partial charge in [0.2, 0.25) is 0 Å². The van der Waals surface area contributed by atoms with Crippen molar-refractivity contribution in [1.29, 1.82) is 0 Å². The van der Waals surface area contributed by atoms with E-state index in [0.717, 1.165) is 17.1 Å². The van der Waals surface area contributed by atoms with E-state index in [0.29, 0.717) is 0 Å². The summed E-state index contributed by atoms with van der Waals surface area (Å²) in [5.74, 6) is 0. The zero-order valence-electron chi connectivity index (χ0n) is 31.6. The van der Waals surface area contributed by atoms with Gasteiger partial charge in [0.1, 0.15) is 0 Å². The van der Waals surface area contributed by atoms with E-state index in [-0.39, 0.29) is 0 Å². The van der Waals surface area contributed by atoms with Gasteiger partial charge in [0.25, 0.3) is 0 Å². The van der Waals surface area contributed by atoms with Crippen molar-refractivity contribution in [1.82, 2.24) is 0 Å². The standard InChI is InChI=1S/C56H35NS/c1-4-16-42-36(13-1)25-26-39-33-40(28-31-44(39)42)57(41-29-32-55-53(35-41)51-30-27-37-14-2-6-18-45(37)56(51)58-55)54-24-12-11-23-50(54)47-20-8-10-22-49(47)52-34-38-15-3-5-17-43(38)46-19-7-9-21-48(46)52/h1-35H. The molecule has 1 nitrogen and oxygen atoms in total. The molecule has 0 aliphatic heterocycles. The summed E-state index contributed by atoms with van der Waals surface area (Å²) in [7, 11) is 0. The molecule has 1 heterocycles. The van der Waals surface area contributed by atoms with Gasteiger partial charge in [-0.05, 0) is 113 Å². The Balaban J connectivity index is 1.11. The monoisotopic (exact) mass is 753 g/mol. The van der Waals surface area contributed by atoms with Gasteiger partial charge in [0.15, 0.2) is 0 Å². The Morgan fingerprint density at radius 1 is 0.276 bits per heavy atom. The largest absolute Gasteiger partial charge is 0.310 e. The second-order valence-electron chi connectivity index (χ2n) is 15.2. The van der Waals surface area contributed by atoms with Crippen molar-refractivity contribution >= 4 is 102 Å². The molecule has 2 heteroatoms. The van der Waals surface area contributed by atoms with Crippen molar-refractivity contribution in [3.8, 4) is 22.3 Å². The SMILES string of the molecule is c1ccc(-c2cc3ccccc3c3ccccc23)c(-c2ccccc2N(c2ccc3c(ccc4ccccc43)c2)c2ccc3sc4c5ccccc5ccc4c3c2)c1. The lowest BCUT2D eigenvalue weighted by Crippen LogP contribution is -2.11. The summed E-state index contributed by atoms with van der Waals surface area (Å²) in [6.45, 7) is 0. The molecule has 270 valence electrons. The zero-order valence-corrected chi connectivity index (χ0v) is 32.4. The topological polar surface area (TPSA) is 3.24 Å². The molecule has 0 fully saturated rings. The maximum absolute atomic E-state index is 2.48. The molecular weight excluding hydrogens is 719 g/mol. The summed E-state index contributed by atoms with van der Waals surface area (Å²) in [6.07, 6.45) is 0. The lowest BCUT2D eigenvalue weighted by molar-refractivity contribution is 1.30. The van der Waals surface area contributed by atoms with E-state index >= 15 is 0 Å². The molecule has 11 aromatic carbocycles. The number of nitrogens with zero attached hydrogens (tertiary/aromatic N) is 1. The van der Waals surface area contributed by atoms with Crippen molar-refractivity contribution in [3.05, 3.63) is 212 Å². The molecule has 0 spiro atoms. The third kappa shape index (κ3) is 5.16. The molecule has 0 saturated carbocycles. The van der Waals surface area contributed by atoms with Crippen molar-refractivity contribution in [3.63, 3.8) is 0 Å². The van der Waals surface area contributed by atoms with E-state index in [4.69, 9.17) is 0 Å². The summed E-state index contributed by atoms with van der Waals surface area (Å²) < 4.78 is 2.63. The normalized spacial score (nSPS) is 11.8. The summed E-state index contributed by atoms with van der Waals surface area (Å²) in [5.41, 5.74) is 8.20.